The molecule has 2 rings (SSSR count). The van der Waals surface area contributed by atoms with Crippen molar-refractivity contribution in [2.24, 2.45) is 5.92 Å². The molecule has 0 saturated heterocycles. The lowest BCUT2D eigenvalue weighted by Gasteiger charge is -2.09. The van der Waals surface area contributed by atoms with E-state index in [9.17, 15) is 0 Å². The smallest absolute Gasteiger partial charge is 0.0834 e. The van der Waals surface area contributed by atoms with E-state index in [1.165, 1.54) is 16.5 Å². The van der Waals surface area contributed by atoms with Crippen LogP contribution in [0.15, 0.2) is 30.5 Å². The molecular weight excluding hydrogens is 220 g/mol. The fraction of sp³-hybridized carbons (Fsp3) is 0.375. The maximum atomic E-state index is 5.38. The molecule has 0 atom stereocenters. The van der Waals surface area contributed by atoms with Gasteiger partial charge in [0.25, 0.3) is 0 Å². The number of nitrogens with zero attached hydrogens (tertiary/aromatic N) is 1. The Labute approximate surface area is 109 Å². The predicted octanol–water partition coefficient (Wildman–Crippen LogP) is 3.02. The van der Waals surface area contributed by atoms with Crippen LogP contribution in [0.4, 0.5) is 0 Å². The summed E-state index contributed by atoms with van der Waals surface area (Å²) in [6.45, 7) is 7.03. The SMILES string of the molecule is C#CCn1ccc2c(CNCC(C)C)cccc21. The molecule has 0 amide bonds. The van der Waals surface area contributed by atoms with Gasteiger partial charge >= 0.3 is 0 Å². The van der Waals surface area contributed by atoms with Gasteiger partial charge in [-0.25, -0.2) is 0 Å². The van der Waals surface area contributed by atoms with Crippen LogP contribution in [0.3, 0.4) is 0 Å². The van der Waals surface area contributed by atoms with Gasteiger partial charge in [0.1, 0.15) is 0 Å². The van der Waals surface area contributed by atoms with Crippen LogP contribution in [-0.4, -0.2) is 11.1 Å². The summed E-state index contributed by atoms with van der Waals surface area (Å²) in [5.74, 6) is 3.36. The molecule has 94 valence electrons. The first-order chi connectivity index (χ1) is 8.72. The standard InChI is InChI=1S/C16H20N2/c1-4-9-18-10-8-15-14(6-5-7-16(15)18)12-17-11-13(2)3/h1,5-8,10,13,17H,9,11-12H2,2-3H3. The molecule has 1 N–H and O–H groups in total. The van der Waals surface area contributed by atoms with Crippen molar-refractivity contribution in [3.63, 3.8) is 0 Å². The van der Waals surface area contributed by atoms with E-state index in [1.807, 2.05) is 0 Å². The van der Waals surface area contributed by atoms with Crippen LogP contribution in [0, 0.1) is 18.3 Å². The maximum Gasteiger partial charge on any atom is 0.0834 e. The second-order valence-corrected chi connectivity index (χ2v) is 5.02. The van der Waals surface area contributed by atoms with Gasteiger partial charge in [0.05, 0.1) is 6.54 Å². The minimum Gasteiger partial charge on any atom is -0.336 e. The number of rotatable bonds is 5. The van der Waals surface area contributed by atoms with Crippen LogP contribution in [0.5, 0.6) is 0 Å². The lowest BCUT2D eigenvalue weighted by atomic mass is 10.1. The lowest BCUT2D eigenvalue weighted by Crippen LogP contribution is -2.19. The first-order valence-corrected chi connectivity index (χ1v) is 6.43. The second-order valence-electron chi connectivity index (χ2n) is 5.02. The van der Waals surface area contributed by atoms with Crippen molar-refractivity contribution in [1.29, 1.82) is 0 Å². The molecule has 0 saturated carbocycles. The summed E-state index contributed by atoms with van der Waals surface area (Å²) in [7, 11) is 0. The summed E-state index contributed by atoms with van der Waals surface area (Å²) >= 11 is 0. The summed E-state index contributed by atoms with van der Waals surface area (Å²) in [5, 5.41) is 4.78. The van der Waals surface area contributed by atoms with Gasteiger partial charge in [-0.1, -0.05) is 31.9 Å². The molecule has 2 nitrogen and oxygen atoms in total. The maximum absolute atomic E-state index is 5.38. The average Bonchev–Trinajstić information content (AvgIpc) is 2.74. The van der Waals surface area contributed by atoms with Gasteiger partial charge in [0.2, 0.25) is 0 Å². The zero-order chi connectivity index (χ0) is 13.0. The van der Waals surface area contributed by atoms with E-state index in [1.54, 1.807) is 0 Å². The van der Waals surface area contributed by atoms with Crippen molar-refractivity contribution < 1.29 is 0 Å². The molecule has 2 heteroatoms. The molecule has 0 radical (unpaired) electrons. The first kappa shape index (κ1) is 12.7. The third-order valence-electron chi connectivity index (χ3n) is 3.03. The molecule has 1 heterocycles. The Morgan fingerprint density at radius 3 is 2.89 bits per heavy atom. The highest BCUT2D eigenvalue weighted by atomic mass is 14.9. The van der Waals surface area contributed by atoms with Gasteiger partial charge in [0.15, 0.2) is 0 Å². The van der Waals surface area contributed by atoms with E-state index in [2.05, 4.69) is 60.1 Å². The normalized spacial score (nSPS) is 11.0. The first-order valence-electron chi connectivity index (χ1n) is 6.43. The lowest BCUT2D eigenvalue weighted by molar-refractivity contribution is 0.553. The van der Waals surface area contributed by atoms with E-state index in [-0.39, 0.29) is 0 Å². The van der Waals surface area contributed by atoms with Gasteiger partial charge < -0.3 is 9.88 Å². The van der Waals surface area contributed by atoms with Crippen LogP contribution < -0.4 is 5.32 Å². The third-order valence-corrected chi connectivity index (χ3v) is 3.03. The van der Waals surface area contributed by atoms with E-state index in [4.69, 9.17) is 6.42 Å². The predicted molar refractivity (Wildman–Crippen MR) is 77.3 cm³/mol. The largest absolute Gasteiger partial charge is 0.336 e. The number of nitrogens with one attached hydrogen (secondary N) is 1. The minimum atomic E-state index is 0.631. The Morgan fingerprint density at radius 1 is 1.33 bits per heavy atom. The fourth-order valence-corrected chi connectivity index (χ4v) is 2.17. The van der Waals surface area contributed by atoms with E-state index in [0.29, 0.717) is 12.5 Å². The quantitative estimate of drug-likeness (QED) is 0.795. The highest BCUT2D eigenvalue weighted by Gasteiger charge is 2.04. The summed E-state index contributed by atoms with van der Waals surface area (Å²) in [6, 6.07) is 8.55. The monoisotopic (exact) mass is 240 g/mol. The van der Waals surface area contributed by atoms with Crippen LogP contribution >= 0.6 is 0 Å². The van der Waals surface area contributed by atoms with Crippen LogP contribution in [0.25, 0.3) is 10.9 Å². The topological polar surface area (TPSA) is 17.0 Å². The Bertz CT molecular complexity index is 558. The molecular formula is C16H20N2. The van der Waals surface area contributed by atoms with E-state index in [0.717, 1.165) is 13.1 Å². The van der Waals surface area contributed by atoms with Crippen molar-refractivity contribution in [3.05, 3.63) is 36.0 Å². The Balaban J connectivity index is 2.21. The molecule has 2 aromatic rings. The van der Waals surface area contributed by atoms with E-state index < -0.39 is 0 Å². The van der Waals surface area contributed by atoms with Gasteiger partial charge in [0, 0.05) is 23.6 Å². The zero-order valence-corrected chi connectivity index (χ0v) is 11.1. The average molecular weight is 240 g/mol. The number of aromatic nitrogens is 1. The van der Waals surface area contributed by atoms with Crippen LogP contribution in [0.2, 0.25) is 0 Å². The minimum absolute atomic E-state index is 0.631. The highest BCUT2D eigenvalue weighted by Crippen LogP contribution is 2.20. The molecule has 1 aromatic carbocycles. The molecule has 0 aliphatic carbocycles. The molecule has 0 fully saturated rings. The van der Waals surface area contributed by atoms with Gasteiger partial charge in [-0.3, -0.25) is 0 Å². The summed E-state index contributed by atoms with van der Waals surface area (Å²) in [4.78, 5) is 0. The van der Waals surface area contributed by atoms with E-state index >= 15 is 0 Å². The molecule has 0 unspecified atom stereocenters. The molecule has 1 aromatic heterocycles. The zero-order valence-electron chi connectivity index (χ0n) is 11.1. The van der Waals surface area contributed by atoms with Crippen molar-refractivity contribution in [3.8, 4) is 12.3 Å². The summed E-state index contributed by atoms with van der Waals surface area (Å²) < 4.78 is 2.11. The van der Waals surface area contributed by atoms with Crippen LogP contribution in [-0.2, 0) is 13.1 Å². The number of terminal acetylenes is 1. The molecule has 18 heavy (non-hydrogen) atoms. The summed E-state index contributed by atoms with van der Waals surface area (Å²) in [5.41, 5.74) is 2.56. The number of hydrogen-bond donors (Lipinski definition) is 1. The van der Waals surface area contributed by atoms with Crippen molar-refractivity contribution in [2.75, 3.05) is 6.54 Å². The van der Waals surface area contributed by atoms with Crippen molar-refractivity contribution in [2.45, 2.75) is 26.9 Å². The number of benzene rings is 1. The third kappa shape index (κ3) is 2.75. The Kier molecular flexibility index (Phi) is 4.07. The van der Waals surface area contributed by atoms with Gasteiger partial charge in [-0.05, 0) is 30.2 Å². The van der Waals surface area contributed by atoms with Gasteiger partial charge in [-0.2, -0.15) is 0 Å². The molecule has 0 spiro atoms. The Hall–Kier alpha value is -1.72. The van der Waals surface area contributed by atoms with Crippen LogP contribution in [0.1, 0.15) is 19.4 Å². The highest BCUT2D eigenvalue weighted by molar-refractivity contribution is 5.83. The van der Waals surface area contributed by atoms with Crippen molar-refractivity contribution in [1.82, 2.24) is 9.88 Å². The van der Waals surface area contributed by atoms with Gasteiger partial charge in [-0.15, -0.1) is 6.42 Å². The number of fused-ring (bicyclic) bond motifs is 1. The fourth-order valence-electron chi connectivity index (χ4n) is 2.17. The molecule has 0 aliphatic rings. The summed E-state index contributed by atoms with van der Waals surface area (Å²) in [6.07, 6.45) is 7.45. The molecule has 0 bridgehead atoms. The number of hydrogen-bond acceptors (Lipinski definition) is 1. The molecule has 0 aliphatic heterocycles. The Morgan fingerprint density at radius 2 is 2.17 bits per heavy atom. The second kappa shape index (κ2) is 5.75. The van der Waals surface area contributed by atoms with Crippen molar-refractivity contribution >= 4 is 10.9 Å².